The van der Waals surface area contributed by atoms with Gasteiger partial charge in [0.25, 0.3) is 5.91 Å². The zero-order valence-electron chi connectivity index (χ0n) is 15.4. The van der Waals surface area contributed by atoms with Crippen LogP contribution in [0.25, 0.3) is 11.3 Å². The van der Waals surface area contributed by atoms with Crippen LogP contribution in [0.4, 0.5) is 4.39 Å². The van der Waals surface area contributed by atoms with Crippen molar-refractivity contribution in [3.63, 3.8) is 0 Å². The molecule has 0 bridgehead atoms. The SMILES string of the molecule is CSNC1CN(CCCCCNC(=O)c2cc(-c3ccc(F)cc3)on2)C1. The molecule has 27 heavy (non-hydrogen) atoms. The minimum atomic E-state index is -0.318. The lowest BCUT2D eigenvalue weighted by molar-refractivity contribution is 0.0943. The molecule has 0 unspecified atom stereocenters. The molecule has 0 spiro atoms. The summed E-state index contributed by atoms with van der Waals surface area (Å²) in [7, 11) is 0. The Bertz CT molecular complexity index is 732. The first-order chi connectivity index (χ1) is 13.2. The molecular formula is C19H25FN4O2S. The van der Waals surface area contributed by atoms with E-state index in [1.165, 1.54) is 12.1 Å². The van der Waals surface area contributed by atoms with Crippen LogP contribution in [0.3, 0.4) is 0 Å². The minimum Gasteiger partial charge on any atom is -0.355 e. The first kappa shape index (κ1) is 19.9. The Morgan fingerprint density at radius 1 is 1.30 bits per heavy atom. The van der Waals surface area contributed by atoms with Crippen LogP contribution in [-0.4, -0.2) is 54.4 Å². The number of hydrogen-bond donors (Lipinski definition) is 2. The number of amides is 1. The number of aromatic nitrogens is 1. The largest absolute Gasteiger partial charge is 0.355 e. The van der Waals surface area contributed by atoms with Crippen molar-refractivity contribution in [3.05, 3.63) is 41.8 Å². The van der Waals surface area contributed by atoms with Crippen molar-refractivity contribution in [2.75, 3.05) is 32.4 Å². The van der Waals surface area contributed by atoms with Gasteiger partial charge in [0.2, 0.25) is 0 Å². The number of nitrogens with zero attached hydrogens (tertiary/aromatic N) is 2. The molecule has 3 rings (SSSR count). The Balaban J connectivity index is 1.30. The van der Waals surface area contributed by atoms with Crippen LogP contribution in [0.15, 0.2) is 34.9 Å². The number of nitrogens with one attached hydrogen (secondary N) is 2. The van der Waals surface area contributed by atoms with Gasteiger partial charge >= 0.3 is 0 Å². The monoisotopic (exact) mass is 392 g/mol. The van der Waals surface area contributed by atoms with Crippen LogP contribution >= 0.6 is 11.9 Å². The maximum Gasteiger partial charge on any atom is 0.273 e. The predicted octanol–water partition coefficient (Wildman–Crippen LogP) is 2.93. The van der Waals surface area contributed by atoms with Gasteiger partial charge in [-0.3, -0.25) is 9.52 Å². The molecule has 0 saturated carbocycles. The number of unbranched alkanes of at least 4 members (excludes halogenated alkanes) is 2. The van der Waals surface area contributed by atoms with E-state index in [0.29, 0.717) is 23.9 Å². The van der Waals surface area contributed by atoms with Gasteiger partial charge in [0, 0.05) is 37.3 Å². The highest BCUT2D eigenvalue weighted by atomic mass is 32.2. The highest BCUT2D eigenvalue weighted by molar-refractivity contribution is 7.96. The van der Waals surface area contributed by atoms with Crippen molar-refractivity contribution >= 4 is 17.9 Å². The van der Waals surface area contributed by atoms with E-state index in [1.54, 1.807) is 30.1 Å². The summed E-state index contributed by atoms with van der Waals surface area (Å²) in [5, 5.41) is 6.66. The zero-order chi connectivity index (χ0) is 19.1. The van der Waals surface area contributed by atoms with Crippen molar-refractivity contribution in [2.24, 2.45) is 0 Å². The van der Waals surface area contributed by atoms with Crippen molar-refractivity contribution in [2.45, 2.75) is 25.3 Å². The van der Waals surface area contributed by atoms with E-state index < -0.39 is 0 Å². The number of likely N-dealkylation sites (tertiary alicyclic amines) is 1. The summed E-state index contributed by atoms with van der Waals surface area (Å²) < 4.78 is 21.5. The molecule has 1 aromatic heterocycles. The van der Waals surface area contributed by atoms with Crippen LogP contribution in [-0.2, 0) is 0 Å². The van der Waals surface area contributed by atoms with Gasteiger partial charge in [0.15, 0.2) is 11.5 Å². The highest BCUT2D eigenvalue weighted by Crippen LogP contribution is 2.20. The van der Waals surface area contributed by atoms with E-state index in [0.717, 1.165) is 38.9 Å². The average molecular weight is 393 g/mol. The van der Waals surface area contributed by atoms with Crippen LogP contribution < -0.4 is 10.0 Å². The van der Waals surface area contributed by atoms with E-state index in [4.69, 9.17) is 4.52 Å². The number of halogens is 1. The van der Waals surface area contributed by atoms with Crippen molar-refractivity contribution in [3.8, 4) is 11.3 Å². The molecule has 6 nitrogen and oxygen atoms in total. The van der Waals surface area contributed by atoms with Crippen molar-refractivity contribution in [1.82, 2.24) is 20.1 Å². The molecule has 1 aliphatic rings. The molecule has 2 N–H and O–H groups in total. The van der Waals surface area contributed by atoms with Gasteiger partial charge in [-0.2, -0.15) is 0 Å². The summed E-state index contributed by atoms with van der Waals surface area (Å²) in [6, 6.07) is 8.07. The van der Waals surface area contributed by atoms with Crippen molar-refractivity contribution < 1.29 is 13.7 Å². The Labute approximate surface area is 163 Å². The fraction of sp³-hybridized carbons (Fsp3) is 0.474. The summed E-state index contributed by atoms with van der Waals surface area (Å²) in [4.78, 5) is 14.6. The second-order valence-corrected chi connectivity index (χ2v) is 7.32. The minimum absolute atomic E-state index is 0.238. The lowest BCUT2D eigenvalue weighted by Crippen LogP contribution is -2.56. The number of benzene rings is 1. The second kappa shape index (κ2) is 9.87. The third-order valence-corrected chi connectivity index (χ3v) is 5.12. The van der Waals surface area contributed by atoms with Crippen LogP contribution in [0.5, 0.6) is 0 Å². The average Bonchev–Trinajstić information content (AvgIpc) is 3.12. The predicted molar refractivity (Wildman–Crippen MR) is 105 cm³/mol. The van der Waals surface area contributed by atoms with Crippen LogP contribution in [0, 0.1) is 5.82 Å². The number of carbonyl (C=O) groups excluding carboxylic acids is 1. The first-order valence-electron chi connectivity index (χ1n) is 9.17. The number of carbonyl (C=O) groups is 1. The number of rotatable bonds is 10. The fourth-order valence-corrected chi connectivity index (χ4v) is 3.54. The van der Waals surface area contributed by atoms with Gasteiger partial charge in [-0.15, -0.1) is 0 Å². The maximum absolute atomic E-state index is 13.0. The molecule has 8 heteroatoms. The molecule has 146 valence electrons. The van der Waals surface area contributed by atoms with E-state index in [-0.39, 0.29) is 17.4 Å². The van der Waals surface area contributed by atoms with Gasteiger partial charge in [-0.05, 0) is 49.9 Å². The van der Waals surface area contributed by atoms with E-state index in [2.05, 4.69) is 26.4 Å². The van der Waals surface area contributed by atoms with Gasteiger partial charge in [0.1, 0.15) is 5.82 Å². The Kier molecular flexibility index (Phi) is 7.25. The van der Waals surface area contributed by atoms with Gasteiger partial charge in [-0.1, -0.05) is 23.5 Å². The fourth-order valence-electron chi connectivity index (χ4n) is 3.06. The smallest absolute Gasteiger partial charge is 0.273 e. The molecule has 2 heterocycles. The molecule has 1 aliphatic heterocycles. The van der Waals surface area contributed by atoms with Crippen molar-refractivity contribution in [1.29, 1.82) is 0 Å². The molecule has 1 fully saturated rings. The molecule has 2 aromatic rings. The van der Waals surface area contributed by atoms with E-state index in [1.807, 2.05) is 0 Å². The lowest BCUT2D eigenvalue weighted by atomic mass is 10.1. The zero-order valence-corrected chi connectivity index (χ0v) is 16.2. The summed E-state index contributed by atoms with van der Waals surface area (Å²) in [5.74, 6) is -0.119. The van der Waals surface area contributed by atoms with Crippen LogP contribution in [0.2, 0.25) is 0 Å². The van der Waals surface area contributed by atoms with Gasteiger partial charge in [0.05, 0.1) is 0 Å². The third-order valence-electron chi connectivity index (χ3n) is 4.55. The summed E-state index contributed by atoms with van der Waals surface area (Å²) in [5.41, 5.74) is 0.922. The standard InChI is InChI=1S/C19H25FN4O2S/c1-27-23-16-12-24(13-16)10-4-2-3-9-21-19(25)17-11-18(26-22-17)14-5-7-15(20)8-6-14/h5-8,11,16,23H,2-4,9-10,12-13H2,1H3,(H,21,25). The topological polar surface area (TPSA) is 70.4 Å². The Morgan fingerprint density at radius 2 is 2.07 bits per heavy atom. The van der Waals surface area contributed by atoms with Gasteiger partial charge < -0.3 is 14.7 Å². The molecule has 1 saturated heterocycles. The normalized spacial score (nSPS) is 14.9. The van der Waals surface area contributed by atoms with Crippen LogP contribution in [0.1, 0.15) is 29.8 Å². The molecule has 0 atom stereocenters. The maximum atomic E-state index is 13.0. The quantitative estimate of drug-likeness (QED) is 0.479. The lowest BCUT2D eigenvalue weighted by Gasteiger charge is -2.39. The molecule has 1 aromatic carbocycles. The summed E-state index contributed by atoms with van der Waals surface area (Å²) in [6.45, 7) is 3.99. The highest BCUT2D eigenvalue weighted by Gasteiger charge is 2.24. The molecular weight excluding hydrogens is 367 g/mol. The molecule has 0 aliphatic carbocycles. The van der Waals surface area contributed by atoms with Gasteiger partial charge in [-0.25, -0.2) is 4.39 Å². The molecule has 1 amide bonds. The summed E-state index contributed by atoms with van der Waals surface area (Å²) in [6.07, 6.45) is 5.21. The third kappa shape index (κ3) is 5.79. The summed E-state index contributed by atoms with van der Waals surface area (Å²) >= 11 is 1.68. The molecule has 0 radical (unpaired) electrons. The second-order valence-electron chi connectivity index (χ2n) is 6.68. The van der Waals surface area contributed by atoms with E-state index >= 15 is 0 Å². The Morgan fingerprint density at radius 3 is 2.81 bits per heavy atom. The Hall–Kier alpha value is -1.90. The van der Waals surface area contributed by atoms with E-state index in [9.17, 15) is 9.18 Å². The first-order valence-corrected chi connectivity index (χ1v) is 10.4. The number of hydrogen-bond acceptors (Lipinski definition) is 6.